The van der Waals surface area contributed by atoms with Crippen molar-refractivity contribution in [3.63, 3.8) is 0 Å². The standard InChI is InChI=1S/C14H24O12/c1-5(18)23-11-7(3-16)24-13(10(21)9(11)20)26-14(4-17)12(22)8(19)6(2-15)25-14/h6-13,15-17,19-22H,2-4H2,1H3/t6-,7-,8-,9-,10-,11-,12+,13-,14?/m1/s1. The highest BCUT2D eigenvalue weighted by Crippen LogP contribution is 2.36. The normalized spacial score (nSPS) is 46.3. The molecule has 152 valence electrons. The van der Waals surface area contributed by atoms with E-state index >= 15 is 0 Å². The Morgan fingerprint density at radius 3 is 2.08 bits per heavy atom. The van der Waals surface area contributed by atoms with Crippen LogP contribution < -0.4 is 0 Å². The van der Waals surface area contributed by atoms with Gasteiger partial charge in [-0.25, -0.2) is 0 Å². The van der Waals surface area contributed by atoms with Gasteiger partial charge in [-0.1, -0.05) is 0 Å². The summed E-state index contributed by atoms with van der Waals surface area (Å²) in [5, 5.41) is 68.4. The van der Waals surface area contributed by atoms with Gasteiger partial charge in [-0.15, -0.1) is 0 Å². The van der Waals surface area contributed by atoms with Crippen LogP contribution >= 0.6 is 0 Å². The first kappa shape index (κ1) is 21.4. The van der Waals surface area contributed by atoms with E-state index in [-0.39, 0.29) is 0 Å². The van der Waals surface area contributed by atoms with E-state index in [1.165, 1.54) is 0 Å². The van der Waals surface area contributed by atoms with Gasteiger partial charge in [0.05, 0.1) is 13.2 Å². The molecule has 9 atom stereocenters. The van der Waals surface area contributed by atoms with E-state index < -0.39 is 80.6 Å². The fourth-order valence-corrected chi connectivity index (χ4v) is 2.95. The fourth-order valence-electron chi connectivity index (χ4n) is 2.95. The van der Waals surface area contributed by atoms with Crippen molar-refractivity contribution in [3.8, 4) is 0 Å². The maximum absolute atomic E-state index is 11.1. The summed E-state index contributed by atoms with van der Waals surface area (Å²) >= 11 is 0. The largest absolute Gasteiger partial charge is 0.457 e. The molecule has 2 rings (SSSR count). The Morgan fingerprint density at radius 1 is 1.00 bits per heavy atom. The number of aliphatic hydroxyl groups is 7. The predicted molar refractivity (Wildman–Crippen MR) is 78.2 cm³/mol. The maximum atomic E-state index is 11.1. The summed E-state index contributed by atoms with van der Waals surface area (Å²) in [6.07, 6.45) is -12.6. The van der Waals surface area contributed by atoms with Crippen LogP contribution in [-0.4, -0.2) is 116 Å². The zero-order chi connectivity index (χ0) is 19.6. The number of rotatable bonds is 6. The average Bonchev–Trinajstić information content (AvgIpc) is 2.86. The molecule has 0 spiro atoms. The summed E-state index contributed by atoms with van der Waals surface area (Å²) in [6, 6.07) is 0. The SMILES string of the molecule is CC(=O)O[C@H]1[C@H](O)[C@@H](O)[C@@H](OC2(CO)O[C@H](CO)[C@@H](O)[C@@H]2O)O[C@@H]1CO. The van der Waals surface area contributed by atoms with E-state index in [1.54, 1.807) is 0 Å². The zero-order valence-corrected chi connectivity index (χ0v) is 13.9. The van der Waals surface area contributed by atoms with Gasteiger partial charge in [-0.3, -0.25) is 4.79 Å². The molecule has 26 heavy (non-hydrogen) atoms. The molecule has 0 aromatic heterocycles. The van der Waals surface area contributed by atoms with Gasteiger partial charge in [-0.2, -0.15) is 0 Å². The number of ether oxygens (including phenoxy) is 4. The molecule has 12 nitrogen and oxygen atoms in total. The van der Waals surface area contributed by atoms with Crippen LogP contribution in [0, 0.1) is 0 Å². The van der Waals surface area contributed by atoms with Crippen molar-refractivity contribution in [2.45, 2.75) is 61.7 Å². The molecule has 0 aliphatic carbocycles. The Morgan fingerprint density at radius 2 is 1.62 bits per heavy atom. The van der Waals surface area contributed by atoms with Gasteiger partial charge in [0.25, 0.3) is 0 Å². The van der Waals surface area contributed by atoms with Crippen LogP contribution in [0.2, 0.25) is 0 Å². The van der Waals surface area contributed by atoms with Crippen molar-refractivity contribution in [2.24, 2.45) is 0 Å². The van der Waals surface area contributed by atoms with E-state index in [9.17, 15) is 35.4 Å². The third-order valence-electron chi connectivity index (χ3n) is 4.34. The highest BCUT2D eigenvalue weighted by molar-refractivity contribution is 5.66. The van der Waals surface area contributed by atoms with Crippen molar-refractivity contribution in [1.29, 1.82) is 0 Å². The Balaban J connectivity index is 2.19. The first-order valence-corrected chi connectivity index (χ1v) is 7.94. The molecule has 0 bridgehead atoms. The van der Waals surface area contributed by atoms with Crippen LogP contribution in [0.25, 0.3) is 0 Å². The molecule has 12 heteroatoms. The number of esters is 1. The first-order chi connectivity index (χ1) is 12.2. The lowest BCUT2D eigenvalue weighted by Crippen LogP contribution is -2.63. The van der Waals surface area contributed by atoms with Crippen LogP contribution in [0.1, 0.15) is 6.92 Å². The Bertz CT molecular complexity index is 487. The number of aliphatic hydroxyl groups excluding tert-OH is 7. The van der Waals surface area contributed by atoms with Gasteiger partial charge >= 0.3 is 5.97 Å². The minimum absolute atomic E-state index is 0.687. The van der Waals surface area contributed by atoms with Crippen LogP contribution in [0.3, 0.4) is 0 Å². The number of carbonyl (C=O) groups excluding carboxylic acids is 1. The molecule has 2 aliphatic rings. The van der Waals surface area contributed by atoms with Gasteiger partial charge in [0.2, 0.25) is 5.79 Å². The third-order valence-corrected chi connectivity index (χ3v) is 4.34. The van der Waals surface area contributed by atoms with Crippen LogP contribution in [0.4, 0.5) is 0 Å². The summed E-state index contributed by atoms with van der Waals surface area (Å²) in [7, 11) is 0. The molecule has 2 fully saturated rings. The Kier molecular flexibility index (Phi) is 6.90. The van der Waals surface area contributed by atoms with Crippen molar-refractivity contribution in [3.05, 3.63) is 0 Å². The average molecular weight is 384 g/mol. The molecule has 0 radical (unpaired) electrons. The van der Waals surface area contributed by atoms with E-state index in [2.05, 4.69) is 0 Å². The minimum atomic E-state index is -2.26. The Labute approximate surface area is 148 Å². The van der Waals surface area contributed by atoms with Crippen molar-refractivity contribution in [2.75, 3.05) is 19.8 Å². The van der Waals surface area contributed by atoms with Gasteiger partial charge in [0.15, 0.2) is 12.4 Å². The van der Waals surface area contributed by atoms with Crippen LogP contribution in [-0.2, 0) is 23.7 Å². The molecule has 0 amide bonds. The number of hydrogen-bond acceptors (Lipinski definition) is 12. The van der Waals surface area contributed by atoms with Crippen LogP contribution in [0.15, 0.2) is 0 Å². The lowest BCUT2D eigenvalue weighted by Gasteiger charge is -2.44. The van der Waals surface area contributed by atoms with Gasteiger partial charge in [-0.05, 0) is 0 Å². The summed E-state index contributed by atoms with van der Waals surface area (Å²) in [5.41, 5.74) is 0. The van der Waals surface area contributed by atoms with Crippen LogP contribution in [0.5, 0.6) is 0 Å². The summed E-state index contributed by atoms with van der Waals surface area (Å²) in [5.74, 6) is -3.04. The molecule has 2 aliphatic heterocycles. The fraction of sp³-hybridized carbons (Fsp3) is 0.929. The van der Waals surface area contributed by atoms with E-state index in [4.69, 9.17) is 24.1 Å². The van der Waals surface area contributed by atoms with Gasteiger partial charge in [0.1, 0.15) is 43.2 Å². The first-order valence-electron chi connectivity index (χ1n) is 7.94. The molecule has 2 heterocycles. The predicted octanol–water partition coefficient (Wildman–Crippen LogP) is -4.82. The molecular formula is C14H24O12. The summed E-state index contributed by atoms with van der Waals surface area (Å²) in [6.45, 7) is -1.32. The monoisotopic (exact) mass is 384 g/mol. The summed E-state index contributed by atoms with van der Waals surface area (Å²) in [4.78, 5) is 11.1. The highest BCUT2D eigenvalue weighted by Gasteiger charge is 2.58. The second kappa shape index (κ2) is 8.39. The molecule has 0 aromatic rings. The van der Waals surface area contributed by atoms with Gasteiger partial charge < -0.3 is 54.7 Å². The van der Waals surface area contributed by atoms with E-state index in [1.807, 2.05) is 0 Å². The van der Waals surface area contributed by atoms with E-state index in [0.29, 0.717) is 0 Å². The zero-order valence-electron chi connectivity index (χ0n) is 13.9. The van der Waals surface area contributed by atoms with Crippen molar-refractivity contribution in [1.82, 2.24) is 0 Å². The lowest BCUT2D eigenvalue weighted by molar-refractivity contribution is -0.383. The molecule has 2 saturated heterocycles. The molecular weight excluding hydrogens is 360 g/mol. The minimum Gasteiger partial charge on any atom is -0.457 e. The topological polar surface area (TPSA) is 196 Å². The third kappa shape index (κ3) is 3.84. The smallest absolute Gasteiger partial charge is 0.303 e. The lowest BCUT2D eigenvalue weighted by atomic mass is 9.98. The Hall–Kier alpha value is -0.930. The maximum Gasteiger partial charge on any atom is 0.303 e. The second-order valence-electron chi connectivity index (χ2n) is 6.14. The number of hydrogen-bond donors (Lipinski definition) is 7. The second-order valence-corrected chi connectivity index (χ2v) is 6.14. The van der Waals surface area contributed by atoms with Gasteiger partial charge in [0, 0.05) is 6.92 Å². The highest BCUT2D eigenvalue weighted by atomic mass is 16.8. The number of carbonyl (C=O) groups is 1. The van der Waals surface area contributed by atoms with E-state index in [0.717, 1.165) is 6.92 Å². The summed E-state index contributed by atoms with van der Waals surface area (Å²) < 4.78 is 20.6. The molecule has 0 saturated carbocycles. The molecule has 7 N–H and O–H groups in total. The van der Waals surface area contributed by atoms with Crippen molar-refractivity contribution >= 4 is 5.97 Å². The molecule has 0 aromatic carbocycles. The van der Waals surface area contributed by atoms with Crippen molar-refractivity contribution < 1.29 is 59.5 Å². The quantitative estimate of drug-likeness (QED) is 0.216. The molecule has 1 unspecified atom stereocenters.